The van der Waals surface area contributed by atoms with Crippen molar-refractivity contribution < 1.29 is 13.2 Å². The molecular weight excluding hydrogens is 175 g/mol. The van der Waals surface area contributed by atoms with Crippen LogP contribution < -0.4 is 5.32 Å². The van der Waals surface area contributed by atoms with E-state index in [0.717, 1.165) is 0 Å². The van der Waals surface area contributed by atoms with Crippen LogP contribution in [0.15, 0.2) is 11.0 Å². The molecule has 1 atom stereocenters. The molecule has 0 aliphatic carbocycles. The molecule has 0 aromatic rings. The second-order valence-corrected chi connectivity index (χ2v) is 2.98. The van der Waals surface area contributed by atoms with Crippen LogP contribution in [-0.2, 0) is 0 Å². The van der Waals surface area contributed by atoms with Crippen molar-refractivity contribution in [3.63, 3.8) is 0 Å². The van der Waals surface area contributed by atoms with Gasteiger partial charge in [-0.15, -0.1) is 12.6 Å². The second-order valence-electron chi connectivity index (χ2n) is 2.41. The van der Waals surface area contributed by atoms with Gasteiger partial charge in [0, 0.05) is 6.54 Å². The Morgan fingerprint density at radius 2 is 2.18 bits per heavy atom. The molecule has 0 saturated heterocycles. The van der Waals surface area contributed by atoms with Gasteiger partial charge in [0.15, 0.2) is 0 Å². The quantitative estimate of drug-likeness (QED) is 0.545. The molecule has 1 N–H and O–H groups in total. The Hall–Kier alpha value is -0.160. The van der Waals surface area contributed by atoms with Crippen molar-refractivity contribution in [3.05, 3.63) is 11.0 Å². The maximum Gasteiger partial charge on any atom is 0.404 e. The zero-order valence-electron chi connectivity index (χ0n) is 5.65. The lowest BCUT2D eigenvalue weighted by Gasteiger charge is -2.23. The molecule has 0 fully saturated rings. The van der Waals surface area contributed by atoms with Gasteiger partial charge in [0.2, 0.25) is 0 Å². The number of hydrogen-bond donors (Lipinski definition) is 2. The third kappa shape index (κ3) is 2.41. The van der Waals surface area contributed by atoms with Crippen molar-refractivity contribution in [2.75, 3.05) is 6.54 Å². The summed E-state index contributed by atoms with van der Waals surface area (Å²) in [4.78, 5) is 0.672. The molecule has 0 spiro atoms. The van der Waals surface area contributed by atoms with Gasteiger partial charge in [-0.25, -0.2) is 0 Å². The first kappa shape index (κ1) is 8.93. The molecule has 1 heterocycles. The molecule has 0 amide bonds. The van der Waals surface area contributed by atoms with Gasteiger partial charge in [-0.2, -0.15) is 13.2 Å². The molecule has 1 nitrogen and oxygen atoms in total. The van der Waals surface area contributed by atoms with Crippen molar-refractivity contribution >= 4 is 12.6 Å². The lowest BCUT2D eigenvalue weighted by Crippen LogP contribution is -2.44. The molecular formula is C6H8F3NS. The van der Waals surface area contributed by atoms with Gasteiger partial charge in [-0.3, -0.25) is 0 Å². The van der Waals surface area contributed by atoms with Crippen LogP contribution in [-0.4, -0.2) is 18.8 Å². The highest BCUT2D eigenvalue weighted by Crippen LogP contribution is 2.25. The predicted octanol–water partition coefficient (Wildman–Crippen LogP) is 1.72. The van der Waals surface area contributed by atoms with Gasteiger partial charge >= 0.3 is 6.18 Å². The average Bonchev–Trinajstić information content (AvgIpc) is 1.86. The lowest BCUT2D eigenvalue weighted by molar-refractivity contribution is -0.155. The summed E-state index contributed by atoms with van der Waals surface area (Å²) in [5, 5.41) is 2.34. The summed E-state index contributed by atoms with van der Waals surface area (Å²) in [5.41, 5.74) is 0. The van der Waals surface area contributed by atoms with Gasteiger partial charge in [-0.1, -0.05) is 6.08 Å². The Bertz CT molecular complexity index is 175. The minimum atomic E-state index is -4.13. The van der Waals surface area contributed by atoms with Crippen molar-refractivity contribution in [2.24, 2.45) is 0 Å². The van der Waals surface area contributed by atoms with E-state index in [2.05, 4.69) is 17.9 Å². The Labute approximate surface area is 68.1 Å². The fraction of sp³-hybridized carbons (Fsp3) is 0.667. The molecule has 0 aromatic heterocycles. The van der Waals surface area contributed by atoms with E-state index >= 15 is 0 Å². The molecule has 0 saturated carbocycles. The lowest BCUT2D eigenvalue weighted by atomic mass is 10.1. The molecule has 64 valence electrons. The van der Waals surface area contributed by atoms with Crippen LogP contribution in [0.3, 0.4) is 0 Å². The molecule has 0 aromatic carbocycles. The van der Waals surface area contributed by atoms with Crippen LogP contribution in [0, 0.1) is 0 Å². The fourth-order valence-electron chi connectivity index (χ4n) is 0.887. The van der Waals surface area contributed by atoms with Crippen molar-refractivity contribution in [1.82, 2.24) is 5.32 Å². The first-order valence-corrected chi connectivity index (χ1v) is 3.63. The number of nitrogens with one attached hydrogen (secondary N) is 1. The standard InChI is InChI=1S/C6H8F3NS/c7-6(8,9)5-2-1-4(11)3-10-5/h1,5,10-11H,2-3H2. The summed E-state index contributed by atoms with van der Waals surface area (Å²) in [6.07, 6.45) is -2.65. The van der Waals surface area contributed by atoms with E-state index in [0.29, 0.717) is 4.91 Å². The van der Waals surface area contributed by atoms with Crippen LogP contribution in [0.5, 0.6) is 0 Å². The summed E-state index contributed by atoms with van der Waals surface area (Å²) in [6, 6.07) is -1.39. The molecule has 1 rings (SSSR count). The van der Waals surface area contributed by atoms with Gasteiger partial charge in [0.1, 0.15) is 6.04 Å². The maximum atomic E-state index is 12.0. The molecule has 1 aliphatic rings. The van der Waals surface area contributed by atoms with Gasteiger partial charge in [0.25, 0.3) is 0 Å². The van der Waals surface area contributed by atoms with Crippen LogP contribution in [0.4, 0.5) is 13.2 Å². The fourth-order valence-corrected chi connectivity index (χ4v) is 1.08. The van der Waals surface area contributed by atoms with Crippen LogP contribution in [0.2, 0.25) is 0 Å². The maximum absolute atomic E-state index is 12.0. The highest BCUT2D eigenvalue weighted by molar-refractivity contribution is 7.84. The first-order valence-electron chi connectivity index (χ1n) is 3.18. The van der Waals surface area contributed by atoms with E-state index < -0.39 is 12.2 Å². The normalized spacial score (nSPS) is 26.5. The number of halogens is 3. The molecule has 1 unspecified atom stereocenters. The Kier molecular flexibility index (Phi) is 2.49. The van der Waals surface area contributed by atoms with Crippen LogP contribution >= 0.6 is 12.6 Å². The summed E-state index contributed by atoms with van der Waals surface area (Å²) in [6.45, 7) is 0.216. The monoisotopic (exact) mass is 183 g/mol. The van der Waals surface area contributed by atoms with Crippen molar-refractivity contribution in [1.29, 1.82) is 0 Å². The third-order valence-corrected chi connectivity index (χ3v) is 1.85. The number of rotatable bonds is 0. The summed E-state index contributed by atoms with van der Waals surface area (Å²) in [5.74, 6) is 0. The van der Waals surface area contributed by atoms with E-state index in [9.17, 15) is 13.2 Å². The van der Waals surface area contributed by atoms with Crippen molar-refractivity contribution in [2.45, 2.75) is 18.6 Å². The Morgan fingerprint density at radius 1 is 1.55 bits per heavy atom. The zero-order chi connectivity index (χ0) is 8.48. The van der Waals surface area contributed by atoms with E-state index in [4.69, 9.17) is 0 Å². The minimum Gasteiger partial charge on any atom is -0.301 e. The number of thiol groups is 1. The highest BCUT2D eigenvalue weighted by Gasteiger charge is 2.39. The number of alkyl halides is 3. The topological polar surface area (TPSA) is 12.0 Å². The molecule has 11 heavy (non-hydrogen) atoms. The third-order valence-electron chi connectivity index (χ3n) is 1.51. The largest absolute Gasteiger partial charge is 0.404 e. The Morgan fingerprint density at radius 3 is 2.55 bits per heavy atom. The van der Waals surface area contributed by atoms with Crippen molar-refractivity contribution in [3.8, 4) is 0 Å². The summed E-state index contributed by atoms with van der Waals surface area (Å²) < 4.78 is 35.9. The van der Waals surface area contributed by atoms with Gasteiger partial charge in [-0.05, 0) is 11.3 Å². The Balaban J connectivity index is 2.54. The molecule has 1 aliphatic heterocycles. The van der Waals surface area contributed by atoms with Gasteiger partial charge < -0.3 is 5.32 Å². The van der Waals surface area contributed by atoms with E-state index in [1.807, 2.05) is 0 Å². The van der Waals surface area contributed by atoms with Crippen LogP contribution in [0.25, 0.3) is 0 Å². The molecule has 5 heteroatoms. The minimum absolute atomic E-state index is 0.0116. The van der Waals surface area contributed by atoms with Gasteiger partial charge in [0.05, 0.1) is 0 Å². The van der Waals surface area contributed by atoms with E-state index in [-0.39, 0.29) is 13.0 Å². The van der Waals surface area contributed by atoms with E-state index in [1.165, 1.54) is 6.08 Å². The summed E-state index contributed by atoms with van der Waals surface area (Å²) >= 11 is 3.93. The highest BCUT2D eigenvalue weighted by atomic mass is 32.1. The number of hydrogen-bond acceptors (Lipinski definition) is 2. The smallest absolute Gasteiger partial charge is 0.301 e. The van der Waals surface area contributed by atoms with Crippen LogP contribution in [0.1, 0.15) is 6.42 Å². The summed E-state index contributed by atoms with van der Waals surface area (Å²) in [7, 11) is 0. The zero-order valence-corrected chi connectivity index (χ0v) is 6.54. The molecule has 0 bridgehead atoms. The molecule has 0 radical (unpaired) electrons. The predicted molar refractivity (Wildman–Crippen MR) is 39.5 cm³/mol. The SMILES string of the molecule is FC(F)(F)C1CC=C(S)CN1. The van der Waals surface area contributed by atoms with E-state index in [1.54, 1.807) is 0 Å². The average molecular weight is 183 g/mol. The first-order chi connectivity index (χ1) is 5.00. The second kappa shape index (κ2) is 3.06.